The maximum absolute atomic E-state index is 12.7. The van der Waals surface area contributed by atoms with Crippen molar-refractivity contribution in [3.63, 3.8) is 0 Å². The highest BCUT2D eigenvalue weighted by Gasteiger charge is 2.46. The first kappa shape index (κ1) is 16.5. The van der Waals surface area contributed by atoms with Crippen LogP contribution in [0.15, 0.2) is 24.3 Å². The average molecular weight is 330 g/mol. The third-order valence-electron chi connectivity index (χ3n) is 5.09. The summed E-state index contributed by atoms with van der Waals surface area (Å²) in [6, 6.07) is 7.12. The number of carboxylic acids is 1. The number of nitrogens with zero attached hydrogens (tertiary/aromatic N) is 2. The van der Waals surface area contributed by atoms with Gasteiger partial charge >= 0.3 is 5.97 Å². The lowest BCUT2D eigenvalue weighted by atomic mass is 9.98. The van der Waals surface area contributed by atoms with E-state index in [-0.39, 0.29) is 11.8 Å². The molecule has 0 radical (unpaired) electrons. The van der Waals surface area contributed by atoms with Gasteiger partial charge in [0.2, 0.25) is 5.91 Å². The molecule has 2 fully saturated rings. The summed E-state index contributed by atoms with van der Waals surface area (Å²) in [6.45, 7) is 3.41. The average Bonchev–Trinajstić information content (AvgIpc) is 3.15. The van der Waals surface area contributed by atoms with Gasteiger partial charge in [0.25, 0.3) is 5.91 Å². The second-order valence-electron chi connectivity index (χ2n) is 6.76. The highest BCUT2D eigenvalue weighted by atomic mass is 16.4. The van der Waals surface area contributed by atoms with E-state index in [2.05, 4.69) is 0 Å². The maximum atomic E-state index is 12.7. The number of hydrogen-bond acceptors (Lipinski definition) is 3. The minimum Gasteiger partial charge on any atom is -0.480 e. The number of aliphatic carboxylic acids is 1. The van der Waals surface area contributed by atoms with Crippen LogP contribution < -0.4 is 0 Å². The van der Waals surface area contributed by atoms with Crippen LogP contribution in [0.25, 0.3) is 0 Å². The molecule has 128 valence electrons. The van der Waals surface area contributed by atoms with E-state index in [4.69, 9.17) is 0 Å². The predicted molar refractivity (Wildman–Crippen MR) is 87.4 cm³/mol. The Balaban J connectivity index is 1.72. The van der Waals surface area contributed by atoms with Crippen LogP contribution >= 0.6 is 0 Å². The molecule has 6 nitrogen and oxygen atoms in total. The number of rotatable bonds is 4. The molecule has 2 heterocycles. The number of carboxylic acid groups (broad SMARTS) is 1. The second kappa shape index (κ2) is 6.26. The Morgan fingerprint density at radius 2 is 1.88 bits per heavy atom. The first-order valence-electron chi connectivity index (χ1n) is 8.34. The van der Waals surface area contributed by atoms with E-state index in [0.717, 1.165) is 18.5 Å². The van der Waals surface area contributed by atoms with Crippen LogP contribution in [-0.2, 0) is 16.1 Å². The Bertz CT molecular complexity index is 670. The van der Waals surface area contributed by atoms with Crippen molar-refractivity contribution in [2.75, 3.05) is 13.1 Å². The monoisotopic (exact) mass is 330 g/mol. The Labute approximate surface area is 141 Å². The lowest BCUT2D eigenvalue weighted by molar-refractivity contribution is -0.147. The minimum atomic E-state index is -1.13. The molecule has 0 aliphatic carbocycles. The van der Waals surface area contributed by atoms with Gasteiger partial charge in [-0.15, -0.1) is 0 Å². The van der Waals surface area contributed by atoms with Gasteiger partial charge in [0.1, 0.15) is 5.54 Å². The summed E-state index contributed by atoms with van der Waals surface area (Å²) in [7, 11) is 0. The maximum Gasteiger partial charge on any atom is 0.329 e. The van der Waals surface area contributed by atoms with Crippen LogP contribution in [0.4, 0.5) is 0 Å². The Morgan fingerprint density at radius 1 is 1.17 bits per heavy atom. The van der Waals surface area contributed by atoms with E-state index in [9.17, 15) is 19.5 Å². The molecular formula is C18H22N2O4. The Morgan fingerprint density at radius 3 is 2.46 bits per heavy atom. The smallest absolute Gasteiger partial charge is 0.329 e. The van der Waals surface area contributed by atoms with Gasteiger partial charge in [0.15, 0.2) is 0 Å². The van der Waals surface area contributed by atoms with E-state index in [1.54, 1.807) is 19.1 Å². The molecule has 0 spiro atoms. The lowest BCUT2D eigenvalue weighted by Crippen LogP contribution is -2.50. The quantitative estimate of drug-likeness (QED) is 0.914. The first-order valence-corrected chi connectivity index (χ1v) is 8.34. The fourth-order valence-corrected chi connectivity index (χ4v) is 3.51. The first-order chi connectivity index (χ1) is 11.4. The lowest BCUT2D eigenvalue weighted by Gasteiger charge is -2.31. The van der Waals surface area contributed by atoms with Crippen LogP contribution in [0.3, 0.4) is 0 Å². The molecule has 1 unspecified atom stereocenters. The number of carbonyl (C=O) groups is 3. The Hall–Kier alpha value is -2.37. The van der Waals surface area contributed by atoms with Gasteiger partial charge in [-0.25, -0.2) is 4.79 Å². The van der Waals surface area contributed by atoms with Crippen LogP contribution in [0.2, 0.25) is 0 Å². The molecule has 1 N–H and O–H groups in total. The summed E-state index contributed by atoms with van der Waals surface area (Å²) < 4.78 is 0. The van der Waals surface area contributed by atoms with Crippen molar-refractivity contribution in [1.29, 1.82) is 0 Å². The third kappa shape index (κ3) is 2.88. The fourth-order valence-electron chi connectivity index (χ4n) is 3.51. The number of hydrogen-bond donors (Lipinski definition) is 1. The summed E-state index contributed by atoms with van der Waals surface area (Å²) in [5, 5.41) is 9.44. The van der Waals surface area contributed by atoms with Crippen molar-refractivity contribution in [1.82, 2.24) is 9.80 Å². The van der Waals surface area contributed by atoms with Crippen LogP contribution in [0, 0.1) is 0 Å². The summed E-state index contributed by atoms with van der Waals surface area (Å²) in [6.07, 6.45) is 2.68. The molecule has 1 atom stereocenters. The van der Waals surface area contributed by atoms with Crippen LogP contribution in [-0.4, -0.2) is 51.3 Å². The Kier molecular flexibility index (Phi) is 4.30. The van der Waals surface area contributed by atoms with Crippen molar-refractivity contribution in [3.05, 3.63) is 35.4 Å². The molecule has 2 aliphatic heterocycles. The molecule has 2 saturated heterocycles. The fraction of sp³-hybridized carbons (Fsp3) is 0.500. The standard InChI is InChI=1S/C18H22N2O4/c1-18(17(23)24)9-3-11-20(18)16(22)14-7-5-13(6-8-14)12-19-10-2-4-15(19)21/h5-8H,2-4,9-12H2,1H3,(H,23,24). The zero-order chi connectivity index (χ0) is 17.3. The number of likely N-dealkylation sites (tertiary alicyclic amines) is 2. The minimum absolute atomic E-state index is 0.171. The van der Waals surface area contributed by atoms with Gasteiger partial charge in [-0.1, -0.05) is 12.1 Å². The number of amides is 2. The summed E-state index contributed by atoms with van der Waals surface area (Å²) >= 11 is 0. The topological polar surface area (TPSA) is 77.9 Å². The molecule has 2 aliphatic rings. The van der Waals surface area contributed by atoms with Gasteiger partial charge in [0, 0.05) is 31.6 Å². The van der Waals surface area contributed by atoms with Gasteiger partial charge < -0.3 is 14.9 Å². The van der Waals surface area contributed by atoms with Gasteiger partial charge in [-0.2, -0.15) is 0 Å². The van der Waals surface area contributed by atoms with Crippen LogP contribution in [0.5, 0.6) is 0 Å². The summed E-state index contributed by atoms with van der Waals surface area (Å²) in [4.78, 5) is 39.1. The molecule has 24 heavy (non-hydrogen) atoms. The molecule has 0 aromatic heterocycles. The molecule has 0 saturated carbocycles. The molecule has 0 bridgehead atoms. The van der Waals surface area contributed by atoms with E-state index in [1.165, 1.54) is 4.90 Å². The van der Waals surface area contributed by atoms with E-state index >= 15 is 0 Å². The summed E-state index contributed by atoms with van der Waals surface area (Å²) in [5.74, 6) is -1.04. The number of carbonyl (C=O) groups excluding carboxylic acids is 2. The zero-order valence-corrected chi connectivity index (χ0v) is 13.8. The molecular weight excluding hydrogens is 308 g/mol. The van der Waals surface area contributed by atoms with E-state index < -0.39 is 11.5 Å². The molecule has 6 heteroatoms. The largest absolute Gasteiger partial charge is 0.480 e. The predicted octanol–water partition coefficient (Wildman–Crippen LogP) is 1.89. The normalized spacial score (nSPS) is 23.8. The zero-order valence-electron chi connectivity index (χ0n) is 13.8. The van der Waals surface area contributed by atoms with E-state index in [0.29, 0.717) is 37.9 Å². The highest BCUT2D eigenvalue weighted by molar-refractivity contribution is 5.98. The highest BCUT2D eigenvalue weighted by Crippen LogP contribution is 2.30. The van der Waals surface area contributed by atoms with Crippen LogP contribution in [0.1, 0.15) is 48.5 Å². The third-order valence-corrected chi connectivity index (χ3v) is 5.09. The van der Waals surface area contributed by atoms with Gasteiger partial charge in [0.05, 0.1) is 0 Å². The second-order valence-corrected chi connectivity index (χ2v) is 6.76. The molecule has 3 rings (SSSR count). The molecule has 1 aromatic carbocycles. The van der Waals surface area contributed by atoms with Crippen molar-refractivity contribution in [2.24, 2.45) is 0 Å². The van der Waals surface area contributed by atoms with Crippen molar-refractivity contribution >= 4 is 17.8 Å². The van der Waals surface area contributed by atoms with Crippen molar-refractivity contribution in [2.45, 2.75) is 44.7 Å². The summed E-state index contributed by atoms with van der Waals surface area (Å²) in [5.41, 5.74) is 0.336. The van der Waals surface area contributed by atoms with Gasteiger partial charge in [-0.05, 0) is 43.9 Å². The number of benzene rings is 1. The molecule has 1 aromatic rings. The SMILES string of the molecule is CC1(C(=O)O)CCCN1C(=O)c1ccc(CN2CCCC2=O)cc1. The molecule has 2 amide bonds. The van der Waals surface area contributed by atoms with Crippen molar-refractivity contribution < 1.29 is 19.5 Å². The van der Waals surface area contributed by atoms with Crippen molar-refractivity contribution in [3.8, 4) is 0 Å². The van der Waals surface area contributed by atoms with Gasteiger partial charge in [-0.3, -0.25) is 9.59 Å². The van der Waals surface area contributed by atoms with E-state index in [1.807, 2.05) is 17.0 Å².